The standard InChI is InChI=1S/C21H19ClN2O2/c1-13-4-5-14(2)24(13)18-10-11-20(22)19(12-18)21(26)23-17-8-6-16(7-9-17)15(3)25/h4-12H,1-3H3,(H,23,26). The van der Waals surface area contributed by atoms with E-state index in [1.54, 1.807) is 36.4 Å². The summed E-state index contributed by atoms with van der Waals surface area (Å²) in [4.78, 5) is 24.0. The van der Waals surface area contributed by atoms with Crippen molar-refractivity contribution in [3.8, 4) is 5.69 Å². The van der Waals surface area contributed by atoms with Gasteiger partial charge in [0.2, 0.25) is 0 Å². The van der Waals surface area contributed by atoms with Gasteiger partial charge in [-0.2, -0.15) is 0 Å². The molecule has 5 heteroatoms. The lowest BCUT2D eigenvalue weighted by atomic mass is 10.1. The molecule has 0 saturated heterocycles. The molecule has 0 aliphatic rings. The van der Waals surface area contributed by atoms with Crippen LogP contribution in [-0.4, -0.2) is 16.3 Å². The molecule has 0 atom stereocenters. The number of halogens is 1. The maximum atomic E-state index is 12.7. The molecular weight excluding hydrogens is 348 g/mol. The Morgan fingerprint density at radius 1 is 0.923 bits per heavy atom. The molecule has 0 spiro atoms. The van der Waals surface area contributed by atoms with Crippen LogP contribution in [0.15, 0.2) is 54.6 Å². The van der Waals surface area contributed by atoms with Crippen molar-refractivity contribution in [2.24, 2.45) is 0 Å². The summed E-state index contributed by atoms with van der Waals surface area (Å²) in [5.74, 6) is -0.314. The van der Waals surface area contributed by atoms with Crippen LogP contribution in [0.5, 0.6) is 0 Å². The van der Waals surface area contributed by atoms with Gasteiger partial charge >= 0.3 is 0 Å². The van der Waals surface area contributed by atoms with Crippen molar-refractivity contribution in [3.63, 3.8) is 0 Å². The first kappa shape index (κ1) is 18.0. The lowest BCUT2D eigenvalue weighted by molar-refractivity contribution is 0.101. The second-order valence-corrected chi connectivity index (χ2v) is 6.61. The van der Waals surface area contributed by atoms with Crippen LogP contribution in [0.1, 0.15) is 39.0 Å². The van der Waals surface area contributed by atoms with E-state index in [4.69, 9.17) is 11.6 Å². The fraction of sp³-hybridized carbons (Fsp3) is 0.143. The topological polar surface area (TPSA) is 51.1 Å². The average Bonchev–Trinajstić information content (AvgIpc) is 2.94. The molecule has 0 bridgehead atoms. The van der Waals surface area contributed by atoms with Crippen molar-refractivity contribution < 1.29 is 9.59 Å². The number of ketones is 1. The van der Waals surface area contributed by atoms with E-state index in [2.05, 4.69) is 9.88 Å². The first-order valence-electron chi connectivity index (χ1n) is 8.24. The van der Waals surface area contributed by atoms with Crippen LogP contribution in [0.2, 0.25) is 5.02 Å². The lowest BCUT2D eigenvalue weighted by Crippen LogP contribution is -2.13. The number of amides is 1. The van der Waals surface area contributed by atoms with Gasteiger partial charge in [-0.25, -0.2) is 0 Å². The number of hydrogen-bond acceptors (Lipinski definition) is 2. The molecule has 1 heterocycles. The summed E-state index contributed by atoms with van der Waals surface area (Å²) < 4.78 is 2.06. The van der Waals surface area contributed by atoms with E-state index in [9.17, 15) is 9.59 Å². The fourth-order valence-corrected chi connectivity index (χ4v) is 3.09. The SMILES string of the molecule is CC(=O)c1ccc(NC(=O)c2cc(-n3c(C)ccc3C)ccc2Cl)cc1. The summed E-state index contributed by atoms with van der Waals surface area (Å²) in [6.45, 7) is 5.53. The predicted molar refractivity (Wildman–Crippen MR) is 105 cm³/mol. The van der Waals surface area contributed by atoms with Gasteiger partial charge in [0.25, 0.3) is 5.91 Å². The van der Waals surface area contributed by atoms with E-state index in [1.807, 2.05) is 32.0 Å². The van der Waals surface area contributed by atoms with Gasteiger partial charge in [-0.05, 0) is 75.4 Å². The van der Waals surface area contributed by atoms with Crippen LogP contribution < -0.4 is 5.32 Å². The van der Waals surface area contributed by atoms with Gasteiger partial charge in [0.05, 0.1) is 10.6 Å². The molecule has 0 unspecified atom stereocenters. The Hall–Kier alpha value is -2.85. The summed E-state index contributed by atoms with van der Waals surface area (Å²) in [6, 6.07) is 16.2. The Balaban J connectivity index is 1.89. The molecule has 3 rings (SSSR count). The first-order chi connectivity index (χ1) is 12.4. The first-order valence-corrected chi connectivity index (χ1v) is 8.62. The van der Waals surface area contributed by atoms with Gasteiger partial charge in [0.1, 0.15) is 0 Å². The summed E-state index contributed by atoms with van der Waals surface area (Å²) in [5, 5.41) is 3.21. The highest BCUT2D eigenvalue weighted by Gasteiger charge is 2.14. The minimum absolute atomic E-state index is 0.0175. The Bertz CT molecular complexity index is 968. The largest absolute Gasteiger partial charge is 0.322 e. The summed E-state index contributed by atoms with van der Waals surface area (Å²) in [5.41, 5.74) is 4.64. The zero-order chi connectivity index (χ0) is 18.8. The number of carbonyl (C=O) groups excluding carboxylic acids is 2. The second kappa shape index (κ2) is 7.18. The monoisotopic (exact) mass is 366 g/mol. The third-order valence-corrected chi connectivity index (χ3v) is 4.60. The van der Waals surface area contributed by atoms with E-state index in [-0.39, 0.29) is 11.7 Å². The Kier molecular flexibility index (Phi) is 4.96. The normalized spacial score (nSPS) is 10.6. The number of carbonyl (C=O) groups is 2. The number of benzene rings is 2. The smallest absolute Gasteiger partial charge is 0.257 e. The molecule has 0 saturated carbocycles. The van der Waals surface area contributed by atoms with Gasteiger partial charge < -0.3 is 9.88 Å². The Labute approximate surface area is 157 Å². The van der Waals surface area contributed by atoms with Crippen LogP contribution in [0.3, 0.4) is 0 Å². The molecule has 0 fully saturated rings. The maximum Gasteiger partial charge on any atom is 0.257 e. The number of rotatable bonds is 4. The summed E-state index contributed by atoms with van der Waals surface area (Å²) >= 11 is 6.25. The molecule has 1 amide bonds. The Morgan fingerprint density at radius 3 is 2.12 bits per heavy atom. The number of aryl methyl sites for hydroxylation is 2. The highest BCUT2D eigenvalue weighted by molar-refractivity contribution is 6.34. The van der Waals surface area contributed by atoms with Crippen molar-refractivity contribution in [1.82, 2.24) is 4.57 Å². The molecular formula is C21H19ClN2O2. The third-order valence-electron chi connectivity index (χ3n) is 4.27. The summed E-state index contributed by atoms with van der Waals surface area (Å²) in [7, 11) is 0. The quantitative estimate of drug-likeness (QED) is 0.645. The van der Waals surface area contributed by atoms with E-state index in [0.29, 0.717) is 21.8 Å². The highest BCUT2D eigenvalue weighted by atomic mass is 35.5. The van der Waals surface area contributed by atoms with E-state index in [0.717, 1.165) is 17.1 Å². The third kappa shape index (κ3) is 3.55. The van der Waals surface area contributed by atoms with Crippen LogP contribution in [0, 0.1) is 13.8 Å². The lowest BCUT2D eigenvalue weighted by Gasteiger charge is -2.13. The zero-order valence-corrected chi connectivity index (χ0v) is 15.6. The van der Waals surface area contributed by atoms with Gasteiger partial charge in [-0.15, -0.1) is 0 Å². The Morgan fingerprint density at radius 2 is 1.54 bits per heavy atom. The van der Waals surface area contributed by atoms with Crippen molar-refractivity contribution in [2.75, 3.05) is 5.32 Å². The van der Waals surface area contributed by atoms with Gasteiger partial charge in [-0.1, -0.05) is 11.6 Å². The molecule has 2 aromatic carbocycles. The number of nitrogens with one attached hydrogen (secondary N) is 1. The van der Waals surface area contributed by atoms with Crippen molar-refractivity contribution in [2.45, 2.75) is 20.8 Å². The molecule has 0 aliphatic carbocycles. The maximum absolute atomic E-state index is 12.7. The molecule has 1 aromatic heterocycles. The number of Topliss-reactive ketones (excluding diaryl/α,β-unsaturated/α-hetero) is 1. The van der Waals surface area contributed by atoms with Crippen LogP contribution >= 0.6 is 11.6 Å². The zero-order valence-electron chi connectivity index (χ0n) is 14.8. The molecule has 1 N–H and O–H groups in total. The summed E-state index contributed by atoms with van der Waals surface area (Å²) in [6.07, 6.45) is 0. The van der Waals surface area contributed by atoms with E-state index < -0.39 is 0 Å². The van der Waals surface area contributed by atoms with Crippen molar-refractivity contribution in [1.29, 1.82) is 0 Å². The van der Waals surface area contributed by atoms with Crippen molar-refractivity contribution in [3.05, 3.63) is 82.1 Å². The van der Waals surface area contributed by atoms with Crippen LogP contribution in [0.4, 0.5) is 5.69 Å². The average molecular weight is 367 g/mol. The van der Waals surface area contributed by atoms with Crippen molar-refractivity contribution >= 4 is 29.0 Å². The van der Waals surface area contributed by atoms with Gasteiger partial charge in [0, 0.05) is 28.3 Å². The molecule has 0 aliphatic heterocycles. The highest BCUT2D eigenvalue weighted by Crippen LogP contribution is 2.24. The molecule has 3 aromatic rings. The number of hydrogen-bond donors (Lipinski definition) is 1. The fourth-order valence-electron chi connectivity index (χ4n) is 2.89. The minimum atomic E-state index is -0.296. The van der Waals surface area contributed by atoms with E-state index in [1.165, 1.54) is 6.92 Å². The number of anilines is 1. The molecule has 0 radical (unpaired) electrons. The van der Waals surface area contributed by atoms with Crippen LogP contribution in [-0.2, 0) is 0 Å². The number of aromatic nitrogens is 1. The molecule has 26 heavy (non-hydrogen) atoms. The number of nitrogens with zero attached hydrogens (tertiary/aromatic N) is 1. The van der Waals surface area contributed by atoms with Crippen LogP contribution in [0.25, 0.3) is 5.69 Å². The van der Waals surface area contributed by atoms with Gasteiger partial charge in [-0.3, -0.25) is 9.59 Å². The second-order valence-electron chi connectivity index (χ2n) is 6.20. The molecule has 4 nitrogen and oxygen atoms in total. The van der Waals surface area contributed by atoms with Gasteiger partial charge in [0.15, 0.2) is 5.78 Å². The minimum Gasteiger partial charge on any atom is -0.322 e. The predicted octanol–water partition coefficient (Wildman–Crippen LogP) is 5.20. The molecule has 132 valence electrons. The van der Waals surface area contributed by atoms with E-state index >= 15 is 0 Å².